The lowest BCUT2D eigenvalue weighted by Gasteiger charge is -2.10. The van der Waals surface area contributed by atoms with Gasteiger partial charge in [0, 0.05) is 5.38 Å². The molecule has 1 N–H and O–H groups in total. The molecule has 0 radical (unpaired) electrons. The number of ether oxygens (including phenoxy) is 1. The lowest BCUT2D eigenvalue weighted by atomic mass is 10.0. The molecule has 2 rings (SSSR count). The highest BCUT2D eigenvalue weighted by Crippen LogP contribution is 2.28. The fourth-order valence-electron chi connectivity index (χ4n) is 1.50. The minimum Gasteiger partial charge on any atom is -0.497 e. The van der Waals surface area contributed by atoms with Crippen LogP contribution in [-0.4, -0.2) is 23.2 Å². The van der Waals surface area contributed by atoms with Gasteiger partial charge in [-0.3, -0.25) is 0 Å². The van der Waals surface area contributed by atoms with Gasteiger partial charge in [0.25, 0.3) is 0 Å². The van der Waals surface area contributed by atoms with Gasteiger partial charge in [-0.2, -0.15) is 0 Å². The second kappa shape index (κ2) is 4.49. The number of methoxy groups -OCH3 is 1. The molecule has 0 aromatic carbocycles. The maximum absolute atomic E-state index is 10.7. The Morgan fingerprint density at radius 3 is 3.06 bits per heavy atom. The van der Waals surface area contributed by atoms with Crippen LogP contribution in [0.1, 0.15) is 28.3 Å². The topological polar surface area (TPSA) is 59.4 Å². The van der Waals surface area contributed by atoms with Gasteiger partial charge in [-0.25, -0.2) is 9.78 Å². The number of allylic oxidation sites excluding steroid dienone is 3. The number of carboxylic acids is 1. The summed E-state index contributed by atoms with van der Waals surface area (Å²) in [4.78, 5) is 14.8. The van der Waals surface area contributed by atoms with Crippen molar-refractivity contribution in [2.24, 2.45) is 0 Å². The number of aromatic nitrogens is 1. The lowest BCUT2D eigenvalue weighted by molar-refractivity contribution is 0.0691. The molecule has 0 saturated heterocycles. The van der Waals surface area contributed by atoms with E-state index in [2.05, 4.69) is 4.98 Å². The first-order chi connectivity index (χ1) is 7.70. The maximum atomic E-state index is 10.7. The van der Waals surface area contributed by atoms with Gasteiger partial charge in [0.1, 0.15) is 10.8 Å². The van der Waals surface area contributed by atoms with Crippen LogP contribution in [0.25, 0.3) is 5.57 Å². The van der Waals surface area contributed by atoms with Crippen molar-refractivity contribution in [3.63, 3.8) is 0 Å². The molecular weight excluding hydrogens is 226 g/mol. The van der Waals surface area contributed by atoms with Gasteiger partial charge < -0.3 is 9.84 Å². The predicted octanol–water partition coefficient (Wildman–Crippen LogP) is 2.55. The molecule has 0 aliphatic heterocycles. The van der Waals surface area contributed by atoms with Gasteiger partial charge in [-0.15, -0.1) is 11.3 Å². The van der Waals surface area contributed by atoms with E-state index in [4.69, 9.17) is 9.84 Å². The molecule has 0 spiro atoms. The third kappa shape index (κ3) is 2.14. The zero-order chi connectivity index (χ0) is 11.5. The van der Waals surface area contributed by atoms with Gasteiger partial charge in [-0.05, 0) is 30.6 Å². The molecule has 4 nitrogen and oxygen atoms in total. The summed E-state index contributed by atoms with van der Waals surface area (Å²) in [5.41, 5.74) is 1.14. The van der Waals surface area contributed by atoms with Crippen molar-refractivity contribution in [2.45, 2.75) is 12.8 Å². The molecule has 1 aliphatic rings. The molecular formula is C11H11NO3S. The molecule has 84 valence electrons. The normalized spacial score (nSPS) is 15.3. The van der Waals surface area contributed by atoms with E-state index in [9.17, 15) is 4.79 Å². The molecule has 1 aromatic heterocycles. The van der Waals surface area contributed by atoms with Crippen molar-refractivity contribution in [1.82, 2.24) is 4.98 Å². The standard InChI is InChI=1S/C11H11NO3S/c1-15-8-4-2-3-7(5-8)10-12-9(6-16-10)11(13)14/h4-6H,2-3H2,1H3,(H,13,14). The van der Waals surface area contributed by atoms with Gasteiger partial charge >= 0.3 is 5.97 Å². The average molecular weight is 237 g/mol. The van der Waals surface area contributed by atoms with E-state index in [1.165, 1.54) is 11.3 Å². The summed E-state index contributed by atoms with van der Waals surface area (Å²) in [6, 6.07) is 0. The number of nitrogens with zero attached hydrogens (tertiary/aromatic N) is 1. The van der Waals surface area contributed by atoms with Crippen LogP contribution >= 0.6 is 11.3 Å². The first-order valence-corrected chi connectivity index (χ1v) is 5.72. The Morgan fingerprint density at radius 2 is 2.44 bits per heavy atom. The van der Waals surface area contributed by atoms with Gasteiger partial charge in [0.05, 0.1) is 7.11 Å². The minimum atomic E-state index is -0.985. The van der Waals surface area contributed by atoms with Crippen molar-refractivity contribution < 1.29 is 14.6 Å². The van der Waals surface area contributed by atoms with Crippen LogP contribution in [0.15, 0.2) is 23.3 Å². The molecule has 0 saturated carbocycles. The molecule has 0 atom stereocenters. The van der Waals surface area contributed by atoms with Crippen LogP contribution < -0.4 is 0 Å². The van der Waals surface area contributed by atoms with Crippen molar-refractivity contribution >= 4 is 22.9 Å². The Balaban J connectivity index is 2.27. The first kappa shape index (κ1) is 10.9. The summed E-state index contributed by atoms with van der Waals surface area (Å²) in [5, 5.41) is 11.1. The van der Waals surface area contributed by atoms with E-state index < -0.39 is 5.97 Å². The number of hydrogen-bond acceptors (Lipinski definition) is 4. The molecule has 0 amide bonds. The average Bonchev–Trinajstić information content (AvgIpc) is 2.78. The van der Waals surface area contributed by atoms with Crippen LogP contribution in [0.3, 0.4) is 0 Å². The Hall–Kier alpha value is -1.62. The quantitative estimate of drug-likeness (QED) is 0.877. The van der Waals surface area contributed by atoms with Crippen LogP contribution in [0, 0.1) is 0 Å². The van der Waals surface area contributed by atoms with E-state index in [0.29, 0.717) is 0 Å². The Bertz CT molecular complexity index is 473. The lowest BCUT2D eigenvalue weighted by Crippen LogP contribution is -1.98. The monoisotopic (exact) mass is 237 g/mol. The maximum Gasteiger partial charge on any atom is 0.355 e. The Labute approximate surface area is 96.9 Å². The minimum absolute atomic E-state index is 0.106. The molecule has 16 heavy (non-hydrogen) atoms. The van der Waals surface area contributed by atoms with E-state index in [1.807, 2.05) is 12.2 Å². The van der Waals surface area contributed by atoms with Crippen LogP contribution in [0.4, 0.5) is 0 Å². The van der Waals surface area contributed by atoms with E-state index in [1.54, 1.807) is 12.5 Å². The summed E-state index contributed by atoms with van der Waals surface area (Å²) >= 11 is 1.35. The molecule has 0 unspecified atom stereocenters. The molecule has 5 heteroatoms. The summed E-state index contributed by atoms with van der Waals surface area (Å²) in [7, 11) is 1.62. The third-order valence-electron chi connectivity index (χ3n) is 2.31. The number of rotatable bonds is 3. The van der Waals surface area contributed by atoms with Crippen molar-refractivity contribution in [1.29, 1.82) is 0 Å². The smallest absolute Gasteiger partial charge is 0.355 e. The SMILES string of the molecule is COC1=CCCC(c2nc(C(=O)O)cs2)=C1. The fourth-order valence-corrected chi connectivity index (χ4v) is 2.34. The van der Waals surface area contributed by atoms with E-state index in [0.717, 1.165) is 29.2 Å². The highest BCUT2D eigenvalue weighted by Gasteiger charge is 2.14. The molecule has 0 bridgehead atoms. The molecule has 1 heterocycles. The number of hydrogen-bond donors (Lipinski definition) is 1. The summed E-state index contributed by atoms with van der Waals surface area (Å²) < 4.78 is 5.14. The number of thiazole rings is 1. The molecule has 1 aromatic rings. The highest BCUT2D eigenvalue weighted by molar-refractivity contribution is 7.11. The second-order valence-electron chi connectivity index (χ2n) is 3.36. The Morgan fingerprint density at radius 1 is 1.62 bits per heavy atom. The third-order valence-corrected chi connectivity index (χ3v) is 3.23. The van der Waals surface area contributed by atoms with Crippen LogP contribution in [0.2, 0.25) is 0 Å². The summed E-state index contributed by atoms with van der Waals surface area (Å²) in [6.07, 6.45) is 5.69. The zero-order valence-corrected chi connectivity index (χ0v) is 9.58. The predicted molar refractivity (Wildman–Crippen MR) is 61.4 cm³/mol. The Kier molecular flexibility index (Phi) is 3.05. The van der Waals surface area contributed by atoms with Crippen molar-refractivity contribution in [2.75, 3.05) is 7.11 Å². The number of carbonyl (C=O) groups is 1. The van der Waals surface area contributed by atoms with Gasteiger partial charge in [-0.1, -0.05) is 0 Å². The fraction of sp³-hybridized carbons (Fsp3) is 0.273. The summed E-state index contributed by atoms with van der Waals surface area (Å²) in [5.74, 6) is -0.172. The van der Waals surface area contributed by atoms with E-state index in [-0.39, 0.29) is 5.69 Å². The largest absolute Gasteiger partial charge is 0.497 e. The van der Waals surface area contributed by atoms with Crippen LogP contribution in [-0.2, 0) is 4.74 Å². The molecule has 0 fully saturated rings. The summed E-state index contributed by atoms with van der Waals surface area (Å²) in [6.45, 7) is 0. The van der Waals surface area contributed by atoms with Crippen molar-refractivity contribution in [3.05, 3.63) is 34.0 Å². The zero-order valence-electron chi connectivity index (χ0n) is 8.77. The molecule has 1 aliphatic carbocycles. The van der Waals surface area contributed by atoms with Crippen LogP contribution in [0.5, 0.6) is 0 Å². The number of carboxylic acid groups (broad SMARTS) is 1. The first-order valence-electron chi connectivity index (χ1n) is 4.84. The van der Waals surface area contributed by atoms with Crippen molar-refractivity contribution in [3.8, 4) is 0 Å². The number of aromatic carboxylic acids is 1. The van der Waals surface area contributed by atoms with E-state index >= 15 is 0 Å². The second-order valence-corrected chi connectivity index (χ2v) is 4.22. The highest BCUT2D eigenvalue weighted by atomic mass is 32.1. The van der Waals surface area contributed by atoms with Gasteiger partial charge in [0.2, 0.25) is 0 Å². The van der Waals surface area contributed by atoms with Gasteiger partial charge in [0.15, 0.2) is 5.69 Å².